The molecular formula is C26H30F2N4O6. The number of carboxylic acids is 1. The number of rotatable bonds is 7. The van der Waals surface area contributed by atoms with Crippen LogP contribution < -0.4 is 10.3 Å². The highest BCUT2D eigenvalue weighted by atomic mass is 19.1. The molecule has 3 aromatic rings. The number of anilines is 1. The Labute approximate surface area is 217 Å². The lowest BCUT2D eigenvalue weighted by Gasteiger charge is -2.41. The molecule has 0 bridgehead atoms. The van der Waals surface area contributed by atoms with Crippen LogP contribution in [0, 0.1) is 18.6 Å². The topological polar surface area (TPSA) is 139 Å². The van der Waals surface area contributed by atoms with Gasteiger partial charge in [0, 0.05) is 56.1 Å². The molecule has 0 aliphatic carbocycles. The monoisotopic (exact) mass is 532 g/mol. The number of pyridine rings is 2. The molecule has 1 unspecified atom stereocenters. The van der Waals surface area contributed by atoms with Crippen molar-refractivity contribution in [3.05, 3.63) is 62.2 Å². The van der Waals surface area contributed by atoms with Crippen molar-refractivity contribution in [1.82, 2.24) is 14.5 Å². The first-order valence-electron chi connectivity index (χ1n) is 12.2. The summed E-state index contributed by atoms with van der Waals surface area (Å²) in [5.74, 6) is -3.52. The Morgan fingerprint density at radius 2 is 1.87 bits per heavy atom. The molecule has 1 atom stereocenters. The first-order valence-corrected chi connectivity index (χ1v) is 12.2. The number of aryl methyl sites for hydroxylation is 2. The van der Waals surface area contributed by atoms with Crippen LogP contribution in [0.15, 0.2) is 17.1 Å². The number of aliphatic hydroxyl groups excluding tert-OH is 2. The number of carboxylic acid groups (broad SMARTS) is 1. The van der Waals surface area contributed by atoms with Crippen molar-refractivity contribution in [3.63, 3.8) is 0 Å². The maximum atomic E-state index is 15.8. The molecule has 4 rings (SSSR count). The lowest BCUT2D eigenvalue weighted by Crippen LogP contribution is -2.52. The summed E-state index contributed by atoms with van der Waals surface area (Å²) >= 11 is 0. The second-order valence-corrected chi connectivity index (χ2v) is 9.41. The van der Waals surface area contributed by atoms with E-state index in [9.17, 15) is 30.0 Å². The molecule has 0 spiro atoms. The molecule has 2 aromatic heterocycles. The number of aliphatic hydroxyl groups is 2. The zero-order valence-corrected chi connectivity index (χ0v) is 21.3. The first kappa shape index (κ1) is 27.4. The van der Waals surface area contributed by atoms with E-state index < -0.39 is 41.8 Å². The van der Waals surface area contributed by atoms with E-state index >= 15 is 8.78 Å². The minimum Gasteiger partial charge on any atom is -0.506 e. The van der Waals surface area contributed by atoms with Crippen LogP contribution in [0.5, 0.6) is 5.75 Å². The predicted octanol–water partition coefficient (Wildman–Crippen LogP) is 2.10. The second-order valence-electron chi connectivity index (χ2n) is 9.41. The summed E-state index contributed by atoms with van der Waals surface area (Å²) in [5.41, 5.74) is -0.564. The van der Waals surface area contributed by atoms with Gasteiger partial charge >= 0.3 is 5.97 Å². The number of piperazine rings is 1. The number of carbonyl (C=O) groups is 1. The van der Waals surface area contributed by atoms with Crippen LogP contribution in [0.4, 0.5) is 14.5 Å². The van der Waals surface area contributed by atoms with Crippen molar-refractivity contribution in [2.24, 2.45) is 0 Å². The van der Waals surface area contributed by atoms with Crippen molar-refractivity contribution in [3.8, 4) is 5.75 Å². The molecule has 1 saturated heterocycles. The zero-order valence-electron chi connectivity index (χ0n) is 21.3. The summed E-state index contributed by atoms with van der Waals surface area (Å²) in [6.45, 7) is 5.59. The molecule has 12 heteroatoms. The Bertz CT molecular complexity index is 1480. The number of hydrogen-bond acceptors (Lipinski definition) is 8. The minimum atomic E-state index is -1.47. The standard InChI is InChI=1S/C26H30F2N4O6/c1-4-30-9-16(26(37)38)25(36)15-7-19(27)23(21(28)22(15)30)32-6-5-31(13(2)8-32)10-20-17(11-33)18(12-34)24(35)14(3)29-20/h7,9,13,33-35H,4-6,8,10-12H2,1-3H3,(H,37,38). The average molecular weight is 533 g/mol. The van der Waals surface area contributed by atoms with Gasteiger partial charge in [-0.2, -0.15) is 0 Å². The number of aromatic nitrogens is 2. The summed E-state index contributed by atoms with van der Waals surface area (Å²) in [5, 5.41) is 38.7. The van der Waals surface area contributed by atoms with Crippen molar-refractivity contribution < 1.29 is 34.0 Å². The fourth-order valence-corrected chi connectivity index (χ4v) is 5.14. The molecule has 38 heavy (non-hydrogen) atoms. The second kappa shape index (κ2) is 10.6. The van der Waals surface area contributed by atoms with E-state index in [4.69, 9.17) is 0 Å². The van der Waals surface area contributed by atoms with E-state index in [1.807, 2.05) is 11.8 Å². The highest BCUT2D eigenvalue weighted by Crippen LogP contribution is 2.33. The quantitative estimate of drug-likeness (QED) is 0.360. The van der Waals surface area contributed by atoms with E-state index in [0.717, 1.165) is 12.3 Å². The Kier molecular flexibility index (Phi) is 7.68. The lowest BCUT2D eigenvalue weighted by molar-refractivity contribution is 0.0694. The van der Waals surface area contributed by atoms with Crippen LogP contribution >= 0.6 is 0 Å². The third-order valence-electron chi connectivity index (χ3n) is 7.19. The van der Waals surface area contributed by atoms with Gasteiger partial charge < -0.3 is 29.9 Å². The number of benzene rings is 1. The van der Waals surface area contributed by atoms with E-state index in [2.05, 4.69) is 4.98 Å². The van der Waals surface area contributed by atoms with Crippen LogP contribution in [0.1, 0.15) is 46.7 Å². The summed E-state index contributed by atoms with van der Waals surface area (Å²) in [7, 11) is 0. The number of aromatic hydroxyl groups is 1. The zero-order chi connectivity index (χ0) is 27.9. The summed E-state index contributed by atoms with van der Waals surface area (Å²) in [6, 6.07) is 0.694. The van der Waals surface area contributed by atoms with Crippen LogP contribution in [-0.2, 0) is 26.3 Å². The van der Waals surface area contributed by atoms with Crippen molar-refractivity contribution in [2.45, 2.75) is 53.1 Å². The van der Waals surface area contributed by atoms with Gasteiger partial charge in [0.25, 0.3) is 0 Å². The number of nitrogens with zero attached hydrogens (tertiary/aromatic N) is 4. The van der Waals surface area contributed by atoms with Crippen molar-refractivity contribution in [2.75, 3.05) is 24.5 Å². The van der Waals surface area contributed by atoms with E-state index in [1.54, 1.807) is 18.7 Å². The summed E-state index contributed by atoms with van der Waals surface area (Å²) < 4.78 is 32.4. The molecule has 204 valence electrons. The first-order chi connectivity index (χ1) is 18.0. The fourth-order valence-electron chi connectivity index (χ4n) is 5.14. The maximum absolute atomic E-state index is 15.8. The van der Waals surface area contributed by atoms with E-state index in [-0.39, 0.29) is 60.1 Å². The number of fused-ring (bicyclic) bond motifs is 1. The van der Waals surface area contributed by atoms with Gasteiger partial charge in [-0.15, -0.1) is 0 Å². The number of hydrogen-bond donors (Lipinski definition) is 4. The molecule has 1 aliphatic heterocycles. The van der Waals surface area contributed by atoms with Crippen molar-refractivity contribution in [1.29, 1.82) is 0 Å². The fraction of sp³-hybridized carbons (Fsp3) is 0.423. The van der Waals surface area contributed by atoms with Crippen LogP contribution in [0.25, 0.3) is 10.9 Å². The van der Waals surface area contributed by atoms with Gasteiger partial charge in [-0.3, -0.25) is 14.7 Å². The van der Waals surface area contributed by atoms with Gasteiger partial charge in [-0.05, 0) is 26.8 Å². The number of aromatic carboxylic acids is 1. The average Bonchev–Trinajstić information content (AvgIpc) is 2.87. The van der Waals surface area contributed by atoms with Gasteiger partial charge in [0.05, 0.1) is 35.5 Å². The van der Waals surface area contributed by atoms with Crippen molar-refractivity contribution >= 4 is 22.6 Å². The van der Waals surface area contributed by atoms with Gasteiger partial charge in [0.15, 0.2) is 5.82 Å². The molecule has 3 heterocycles. The minimum absolute atomic E-state index is 0.151. The summed E-state index contributed by atoms with van der Waals surface area (Å²) in [6.07, 6.45) is 1.07. The van der Waals surface area contributed by atoms with E-state index in [0.29, 0.717) is 23.5 Å². The molecule has 1 aromatic carbocycles. The largest absolute Gasteiger partial charge is 0.506 e. The maximum Gasteiger partial charge on any atom is 0.341 e. The molecule has 0 radical (unpaired) electrons. The molecule has 0 saturated carbocycles. The molecular weight excluding hydrogens is 502 g/mol. The third-order valence-corrected chi connectivity index (χ3v) is 7.19. The van der Waals surface area contributed by atoms with Crippen LogP contribution in [0.3, 0.4) is 0 Å². The number of halogens is 2. The normalized spacial score (nSPS) is 16.4. The molecule has 10 nitrogen and oxygen atoms in total. The van der Waals surface area contributed by atoms with Crippen LogP contribution in [-0.4, -0.2) is 66.5 Å². The van der Waals surface area contributed by atoms with Gasteiger partial charge in [0.2, 0.25) is 5.43 Å². The molecule has 1 aliphatic rings. The Morgan fingerprint density at radius 3 is 2.45 bits per heavy atom. The SMILES string of the molecule is CCn1cc(C(=O)O)c(=O)c2cc(F)c(N3CCN(Cc4nc(C)c(O)c(CO)c4CO)C(C)C3)c(F)c21. The van der Waals surface area contributed by atoms with E-state index in [1.165, 1.54) is 4.57 Å². The highest BCUT2D eigenvalue weighted by Gasteiger charge is 2.31. The lowest BCUT2D eigenvalue weighted by atomic mass is 10.0. The van der Waals surface area contributed by atoms with Crippen LogP contribution in [0.2, 0.25) is 0 Å². The Morgan fingerprint density at radius 1 is 1.18 bits per heavy atom. The van der Waals surface area contributed by atoms with Gasteiger partial charge in [0.1, 0.15) is 22.8 Å². The molecule has 0 amide bonds. The smallest absolute Gasteiger partial charge is 0.341 e. The highest BCUT2D eigenvalue weighted by molar-refractivity contribution is 5.93. The summed E-state index contributed by atoms with van der Waals surface area (Å²) in [4.78, 5) is 32.1. The third kappa shape index (κ3) is 4.59. The molecule has 1 fully saturated rings. The van der Waals surface area contributed by atoms with Gasteiger partial charge in [-0.1, -0.05) is 0 Å². The van der Waals surface area contributed by atoms with Gasteiger partial charge in [-0.25, -0.2) is 13.6 Å². The molecule has 4 N–H and O–H groups in total. The Hall–Kier alpha value is -3.61. The predicted molar refractivity (Wildman–Crippen MR) is 135 cm³/mol. The Balaban J connectivity index is 1.67.